The van der Waals surface area contributed by atoms with Gasteiger partial charge < -0.3 is 65.1 Å². The van der Waals surface area contributed by atoms with Crippen LogP contribution in [0.2, 0.25) is 0 Å². The Hall–Kier alpha value is -2.57. The van der Waals surface area contributed by atoms with E-state index in [-0.39, 0.29) is 18.9 Å². The van der Waals surface area contributed by atoms with Crippen LogP contribution in [0.25, 0.3) is 0 Å². The Balaban J connectivity index is 1.68. The van der Waals surface area contributed by atoms with Crippen molar-refractivity contribution in [3.8, 4) is 0 Å². The van der Waals surface area contributed by atoms with E-state index in [1.165, 1.54) is 154 Å². The second-order valence-electron chi connectivity index (χ2n) is 25.0. The van der Waals surface area contributed by atoms with Crippen molar-refractivity contribution in [2.45, 2.75) is 364 Å². The van der Waals surface area contributed by atoms with Crippen molar-refractivity contribution in [3.63, 3.8) is 0 Å². The molecule has 506 valence electrons. The lowest BCUT2D eigenvalue weighted by atomic mass is 9.97. The van der Waals surface area contributed by atoms with E-state index in [0.29, 0.717) is 12.8 Å². The number of nitrogens with one attached hydrogen (secondary N) is 1. The molecule has 1 amide bonds. The Bertz CT molecular complexity index is 1740. The standard InChI is InChI=1S/C73H131NO13/c1-3-5-7-9-11-13-15-17-19-21-23-25-27-29-30-31-33-34-36-38-40-42-44-46-48-50-52-54-56-62(77)61(60-84-72-70(83)68(81)71(64(59-76)86-72)87-73-69(82)67(80)66(79)63(58-75)85-73)74-65(78)57-55-53-51-49-47-45-43-41-39-37-35-32-28-26-24-22-20-18-16-14-12-10-8-6-4-2/h6,8,12,14,18,20,24,26,32,35,39,41,61-64,66-73,75-77,79-83H,3-5,7,9-11,13,15-17,19,21-23,25,27-31,33-34,36-38,40,42-60H2,1-2H3,(H,74,78)/b8-6-,14-12-,20-18-,26-24-,35-32-,41-39-. The van der Waals surface area contributed by atoms with Crippen molar-refractivity contribution < 1.29 is 64.6 Å². The first kappa shape index (κ1) is 80.5. The second kappa shape index (κ2) is 57.3. The normalized spacial score (nSPS) is 23.7. The molecule has 12 unspecified atom stereocenters. The van der Waals surface area contributed by atoms with Gasteiger partial charge in [0.1, 0.15) is 48.8 Å². The second-order valence-corrected chi connectivity index (χ2v) is 25.0. The van der Waals surface area contributed by atoms with Crippen molar-refractivity contribution in [1.29, 1.82) is 0 Å². The first-order valence-electron chi connectivity index (χ1n) is 35.7. The molecule has 14 nitrogen and oxygen atoms in total. The van der Waals surface area contributed by atoms with Crippen LogP contribution in [0.5, 0.6) is 0 Å². The highest BCUT2D eigenvalue weighted by Crippen LogP contribution is 2.30. The molecule has 0 aromatic heterocycles. The quantitative estimate of drug-likeness (QED) is 0.0204. The summed E-state index contributed by atoms with van der Waals surface area (Å²) in [6, 6.07) is -0.843. The van der Waals surface area contributed by atoms with Crippen molar-refractivity contribution in [1.82, 2.24) is 5.32 Å². The minimum Gasteiger partial charge on any atom is -0.394 e. The van der Waals surface area contributed by atoms with Gasteiger partial charge in [-0.3, -0.25) is 4.79 Å². The van der Waals surface area contributed by atoms with Gasteiger partial charge >= 0.3 is 0 Å². The SMILES string of the molecule is CC/C=C\C/C=C\C/C=C\C/C=C\C/C=C\C/C=C\CCCCCCCCC(=O)NC(COC1OC(CO)C(OC2OC(CO)C(O)C(O)C2O)C(O)C1O)C(O)CCCCCCCCCCCCCCCCCCCCCCCCCCCCCC. The minimum atomic E-state index is -1.79. The minimum absolute atomic E-state index is 0.220. The van der Waals surface area contributed by atoms with Gasteiger partial charge in [0.15, 0.2) is 12.6 Å². The fourth-order valence-electron chi connectivity index (χ4n) is 11.5. The number of ether oxygens (including phenoxy) is 4. The van der Waals surface area contributed by atoms with E-state index >= 15 is 0 Å². The zero-order chi connectivity index (χ0) is 63.1. The number of carbonyl (C=O) groups is 1. The number of hydrogen-bond acceptors (Lipinski definition) is 13. The lowest BCUT2D eigenvalue weighted by molar-refractivity contribution is -0.359. The summed E-state index contributed by atoms with van der Waals surface area (Å²) in [6.07, 6.45) is 60.5. The molecule has 0 aromatic rings. The average Bonchev–Trinajstić information content (AvgIpc) is 2.50. The van der Waals surface area contributed by atoms with E-state index in [9.17, 15) is 45.6 Å². The number of aliphatic hydroxyl groups excluding tert-OH is 8. The predicted molar refractivity (Wildman–Crippen MR) is 355 cm³/mol. The predicted octanol–water partition coefficient (Wildman–Crippen LogP) is 14.6. The van der Waals surface area contributed by atoms with E-state index in [1.807, 2.05) is 0 Å². The van der Waals surface area contributed by atoms with E-state index in [2.05, 4.69) is 92.1 Å². The topological polar surface area (TPSA) is 228 Å². The Morgan fingerprint density at radius 2 is 0.793 bits per heavy atom. The third-order valence-electron chi connectivity index (χ3n) is 17.2. The Kier molecular flexibility index (Phi) is 53.1. The summed E-state index contributed by atoms with van der Waals surface area (Å²) in [5, 5.41) is 87.7. The summed E-state index contributed by atoms with van der Waals surface area (Å²) in [5.74, 6) is -0.220. The van der Waals surface area contributed by atoms with Crippen LogP contribution in [-0.4, -0.2) is 140 Å². The van der Waals surface area contributed by atoms with Gasteiger partial charge in [-0.15, -0.1) is 0 Å². The molecule has 2 aliphatic rings. The Morgan fingerprint density at radius 3 is 1.22 bits per heavy atom. The monoisotopic (exact) mass is 1230 g/mol. The molecule has 0 aliphatic carbocycles. The molecule has 14 heteroatoms. The van der Waals surface area contributed by atoms with Gasteiger partial charge in [-0.1, -0.05) is 292 Å². The van der Waals surface area contributed by atoms with Gasteiger partial charge in [-0.05, 0) is 64.2 Å². The van der Waals surface area contributed by atoms with Gasteiger partial charge in [0.25, 0.3) is 0 Å². The largest absolute Gasteiger partial charge is 0.394 e. The van der Waals surface area contributed by atoms with Gasteiger partial charge in [0.2, 0.25) is 5.91 Å². The molecule has 9 N–H and O–H groups in total. The summed E-state index contributed by atoms with van der Waals surface area (Å²) in [7, 11) is 0. The summed E-state index contributed by atoms with van der Waals surface area (Å²) in [5.41, 5.74) is 0. The van der Waals surface area contributed by atoms with Crippen LogP contribution in [0.3, 0.4) is 0 Å². The number of carbonyl (C=O) groups excluding carboxylic acids is 1. The molecule has 2 aliphatic heterocycles. The highest BCUT2D eigenvalue weighted by Gasteiger charge is 2.51. The van der Waals surface area contributed by atoms with Crippen LogP contribution in [0.1, 0.15) is 290 Å². The van der Waals surface area contributed by atoms with Gasteiger partial charge in [-0.2, -0.15) is 0 Å². The van der Waals surface area contributed by atoms with E-state index in [4.69, 9.17) is 18.9 Å². The van der Waals surface area contributed by atoms with Crippen LogP contribution >= 0.6 is 0 Å². The molecule has 2 rings (SSSR count). The third-order valence-corrected chi connectivity index (χ3v) is 17.2. The highest BCUT2D eigenvalue weighted by molar-refractivity contribution is 5.76. The maximum Gasteiger partial charge on any atom is 0.220 e. The highest BCUT2D eigenvalue weighted by atomic mass is 16.7. The lowest BCUT2D eigenvalue weighted by Gasteiger charge is -2.46. The number of hydrogen-bond donors (Lipinski definition) is 9. The first-order chi connectivity index (χ1) is 42.6. The summed E-state index contributed by atoms with van der Waals surface area (Å²) >= 11 is 0. The van der Waals surface area contributed by atoms with Gasteiger partial charge in [-0.25, -0.2) is 0 Å². The van der Waals surface area contributed by atoms with Gasteiger partial charge in [0.05, 0.1) is 32.0 Å². The Morgan fingerprint density at radius 1 is 0.425 bits per heavy atom. The number of amides is 1. The summed E-state index contributed by atoms with van der Waals surface area (Å²) < 4.78 is 22.9. The van der Waals surface area contributed by atoms with Crippen molar-refractivity contribution >= 4 is 5.91 Å². The lowest BCUT2D eigenvalue weighted by Crippen LogP contribution is -2.65. The average molecular weight is 1230 g/mol. The molecule has 0 saturated carbocycles. The summed E-state index contributed by atoms with van der Waals surface area (Å²) in [4.78, 5) is 13.4. The number of unbranched alkanes of at least 4 members (excludes halogenated alkanes) is 33. The smallest absolute Gasteiger partial charge is 0.220 e. The van der Waals surface area contributed by atoms with Crippen LogP contribution in [0.15, 0.2) is 72.9 Å². The molecule has 2 saturated heterocycles. The molecule has 0 bridgehead atoms. The maximum absolute atomic E-state index is 13.4. The van der Waals surface area contributed by atoms with Crippen molar-refractivity contribution in [2.75, 3.05) is 19.8 Å². The number of rotatable bonds is 58. The van der Waals surface area contributed by atoms with Crippen LogP contribution < -0.4 is 5.32 Å². The molecule has 0 radical (unpaired) electrons. The zero-order valence-electron chi connectivity index (χ0n) is 55.0. The van der Waals surface area contributed by atoms with Crippen molar-refractivity contribution in [3.05, 3.63) is 72.9 Å². The molecule has 87 heavy (non-hydrogen) atoms. The zero-order valence-corrected chi connectivity index (χ0v) is 55.0. The fourth-order valence-corrected chi connectivity index (χ4v) is 11.5. The van der Waals surface area contributed by atoms with Crippen molar-refractivity contribution in [2.24, 2.45) is 0 Å². The fraction of sp³-hybridized carbons (Fsp3) is 0.822. The van der Waals surface area contributed by atoms with Crippen LogP contribution in [-0.2, 0) is 23.7 Å². The molecular weight excluding hydrogens is 1100 g/mol. The molecule has 2 fully saturated rings. The molecule has 2 heterocycles. The first-order valence-corrected chi connectivity index (χ1v) is 35.7. The van der Waals surface area contributed by atoms with E-state index in [0.717, 1.165) is 103 Å². The molecular formula is C73H131NO13. The van der Waals surface area contributed by atoms with Gasteiger partial charge in [0, 0.05) is 6.42 Å². The van der Waals surface area contributed by atoms with E-state index in [1.54, 1.807) is 0 Å². The maximum atomic E-state index is 13.4. The summed E-state index contributed by atoms with van der Waals surface area (Å²) in [6.45, 7) is 2.77. The Labute approximate surface area is 529 Å². The number of allylic oxidation sites excluding steroid dienone is 12. The number of aliphatic hydroxyl groups is 8. The van der Waals surface area contributed by atoms with E-state index < -0.39 is 86.8 Å². The molecule has 12 atom stereocenters. The van der Waals surface area contributed by atoms with Crippen LogP contribution in [0, 0.1) is 0 Å². The molecule has 0 spiro atoms. The molecule has 0 aromatic carbocycles. The van der Waals surface area contributed by atoms with Crippen LogP contribution in [0.4, 0.5) is 0 Å². The third kappa shape index (κ3) is 41.5.